The molecule has 98 valence electrons. The van der Waals surface area contributed by atoms with Crippen LogP contribution in [0.2, 0.25) is 0 Å². The summed E-state index contributed by atoms with van der Waals surface area (Å²) >= 11 is 3.29. The molecule has 1 aromatic rings. The molecule has 0 aromatic heterocycles. The number of carboxylic acids is 1. The topological polar surface area (TPSA) is 78.4 Å². The number of hydrogen-bond acceptors (Lipinski definition) is 2. The molecule has 0 atom stereocenters. The molecule has 0 aliphatic heterocycles. The molecule has 0 spiro atoms. The average molecular weight is 315 g/mol. The number of aliphatic carboxylic acids is 1. The van der Waals surface area contributed by atoms with Crippen molar-refractivity contribution in [3.05, 3.63) is 28.7 Å². The van der Waals surface area contributed by atoms with E-state index >= 15 is 0 Å². The minimum Gasteiger partial charge on any atom is -0.481 e. The Labute approximate surface area is 114 Å². The summed E-state index contributed by atoms with van der Waals surface area (Å²) in [6.07, 6.45) is 0. The summed E-state index contributed by atoms with van der Waals surface area (Å²) in [5.74, 6) is -0.953. The van der Waals surface area contributed by atoms with Gasteiger partial charge in [0.05, 0.1) is 5.41 Å². The van der Waals surface area contributed by atoms with Crippen molar-refractivity contribution in [1.29, 1.82) is 0 Å². The lowest BCUT2D eigenvalue weighted by molar-refractivity contribution is -0.146. The first-order valence-corrected chi connectivity index (χ1v) is 6.14. The highest BCUT2D eigenvalue weighted by atomic mass is 79.9. The Morgan fingerprint density at radius 1 is 1.39 bits per heavy atom. The summed E-state index contributed by atoms with van der Waals surface area (Å²) in [4.78, 5) is 22.4. The Morgan fingerprint density at radius 3 is 2.61 bits per heavy atom. The predicted octanol–water partition coefficient (Wildman–Crippen LogP) is 2.68. The van der Waals surface area contributed by atoms with Crippen molar-refractivity contribution in [1.82, 2.24) is 5.32 Å². The monoisotopic (exact) mass is 314 g/mol. The van der Waals surface area contributed by atoms with Crippen LogP contribution in [0.5, 0.6) is 0 Å². The van der Waals surface area contributed by atoms with Crippen LogP contribution in [0.3, 0.4) is 0 Å². The number of nitrogens with one attached hydrogen (secondary N) is 2. The number of carbonyl (C=O) groups excluding carboxylic acids is 1. The van der Waals surface area contributed by atoms with Crippen LogP contribution in [-0.2, 0) is 4.79 Å². The van der Waals surface area contributed by atoms with Gasteiger partial charge in [-0.1, -0.05) is 22.0 Å². The molecule has 0 saturated carbocycles. The van der Waals surface area contributed by atoms with Crippen molar-refractivity contribution in [2.24, 2.45) is 5.41 Å². The Morgan fingerprint density at radius 2 is 2.06 bits per heavy atom. The third-order valence-corrected chi connectivity index (χ3v) is 2.85. The van der Waals surface area contributed by atoms with E-state index in [1.54, 1.807) is 32.0 Å². The van der Waals surface area contributed by atoms with Crippen LogP contribution in [0.15, 0.2) is 28.7 Å². The number of carboxylic acid groups (broad SMARTS) is 1. The van der Waals surface area contributed by atoms with Gasteiger partial charge in [-0.15, -0.1) is 0 Å². The molecule has 1 aromatic carbocycles. The van der Waals surface area contributed by atoms with Crippen molar-refractivity contribution >= 4 is 33.6 Å². The van der Waals surface area contributed by atoms with Gasteiger partial charge >= 0.3 is 12.0 Å². The zero-order chi connectivity index (χ0) is 13.8. The van der Waals surface area contributed by atoms with Gasteiger partial charge in [0.25, 0.3) is 0 Å². The van der Waals surface area contributed by atoms with Crippen LogP contribution < -0.4 is 10.6 Å². The zero-order valence-corrected chi connectivity index (χ0v) is 11.7. The maximum absolute atomic E-state index is 11.6. The molecular formula is C12H15BrN2O3. The maximum atomic E-state index is 11.6. The molecule has 0 aliphatic rings. The average Bonchev–Trinajstić information content (AvgIpc) is 2.26. The van der Waals surface area contributed by atoms with E-state index in [0.717, 1.165) is 4.47 Å². The smallest absolute Gasteiger partial charge is 0.319 e. The molecule has 6 heteroatoms. The summed E-state index contributed by atoms with van der Waals surface area (Å²) in [7, 11) is 0. The molecule has 0 unspecified atom stereocenters. The van der Waals surface area contributed by atoms with E-state index in [1.165, 1.54) is 0 Å². The van der Waals surface area contributed by atoms with Gasteiger partial charge in [-0.25, -0.2) is 4.79 Å². The molecule has 0 bridgehead atoms. The second-order valence-electron chi connectivity index (χ2n) is 4.51. The minimum atomic E-state index is -0.991. The molecule has 3 N–H and O–H groups in total. The van der Waals surface area contributed by atoms with Gasteiger partial charge < -0.3 is 15.7 Å². The normalized spacial score (nSPS) is 10.8. The van der Waals surface area contributed by atoms with Gasteiger partial charge in [-0.05, 0) is 32.0 Å². The molecule has 0 radical (unpaired) electrons. The highest BCUT2D eigenvalue weighted by molar-refractivity contribution is 9.10. The first-order valence-electron chi connectivity index (χ1n) is 5.35. The van der Waals surface area contributed by atoms with Crippen LogP contribution in [0.25, 0.3) is 0 Å². The van der Waals surface area contributed by atoms with Crippen LogP contribution in [0, 0.1) is 5.41 Å². The molecule has 18 heavy (non-hydrogen) atoms. The number of rotatable bonds is 4. The first kappa shape index (κ1) is 14.5. The number of anilines is 1. The predicted molar refractivity (Wildman–Crippen MR) is 72.6 cm³/mol. The lowest BCUT2D eigenvalue weighted by Crippen LogP contribution is -2.40. The molecule has 5 nitrogen and oxygen atoms in total. The van der Waals surface area contributed by atoms with E-state index in [4.69, 9.17) is 5.11 Å². The highest BCUT2D eigenvalue weighted by Gasteiger charge is 2.27. The first-order chi connectivity index (χ1) is 8.31. The van der Waals surface area contributed by atoms with E-state index in [0.29, 0.717) is 5.69 Å². The Balaban J connectivity index is 2.50. The fraction of sp³-hybridized carbons (Fsp3) is 0.333. The Kier molecular flexibility index (Phi) is 4.72. The van der Waals surface area contributed by atoms with Gasteiger partial charge in [-0.3, -0.25) is 4.79 Å². The zero-order valence-electron chi connectivity index (χ0n) is 10.2. The van der Waals surface area contributed by atoms with E-state index in [2.05, 4.69) is 26.6 Å². The van der Waals surface area contributed by atoms with E-state index in [-0.39, 0.29) is 6.54 Å². The molecular weight excluding hydrogens is 300 g/mol. The standard InChI is InChI=1S/C12H15BrN2O3/c1-12(2,10(16)17)7-14-11(18)15-9-5-3-4-8(13)6-9/h3-6H,7H2,1-2H3,(H,16,17)(H2,14,15,18). The van der Waals surface area contributed by atoms with Crippen molar-refractivity contribution < 1.29 is 14.7 Å². The number of carbonyl (C=O) groups is 2. The maximum Gasteiger partial charge on any atom is 0.319 e. The summed E-state index contributed by atoms with van der Waals surface area (Å²) in [6, 6.07) is 6.70. The van der Waals surface area contributed by atoms with Crippen LogP contribution in [0.4, 0.5) is 10.5 Å². The van der Waals surface area contributed by atoms with Gasteiger partial charge in [0.15, 0.2) is 0 Å². The van der Waals surface area contributed by atoms with Crippen LogP contribution in [-0.4, -0.2) is 23.7 Å². The summed E-state index contributed by atoms with van der Waals surface area (Å²) in [5, 5.41) is 14.0. The number of halogens is 1. The van der Waals surface area contributed by atoms with E-state index in [9.17, 15) is 9.59 Å². The second kappa shape index (κ2) is 5.86. The van der Waals surface area contributed by atoms with Gasteiger partial charge in [0.1, 0.15) is 0 Å². The highest BCUT2D eigenvalue weighted by Crippen LogP contribution is 2.16. The van der Waals surface area contributed by atoms with Crippen LogP contribution in [0.1, 0.15) is 13.8 Å². The van der Waals surface area contributed by atoms with Gasteiger partial charge in [0.2, 0.25) is 0 Å². The van der Waals surface area contributed by atoms with Gasteiger partial charge in [0, 0.05) is 16.7 Å². The second-order valence-corrected chi connectivity index (χ2v) is 5.42. The molecule has 0 heterocycles. The van der Waals surface area contributed by atoms with Crippen molar-refractivity contribution in [2.75, 3.05) is 11.9 Å². The van der Waals surface area contributed by atoms with Crippen LogP contribution >= 0.6 is 15.9 Å². The molecule has 0 fully saturated rings. The third kappa shape index (κ3) is 4.37. The van der Waals surface area contributed by atoms with E-state index in [1.807, 2.05) is 6.07 Å². The largest absolute Gasteiger partial charge is 0.481 e. The Hall–Kier alpha value is -1.56. The number of hydrogen-bond donors (Lipinski definition) is 3. The van der Waals surface area contributed by atoms with Crippen molar-refractivity contribution in [3.8, 4) is 0 Å². The fourth-order valence-electron chi connectivity index (χ4n) is 1.12. The van der Waals surface area contributed by atoms with Gasteiger partial charge in [-0.2, -0.15) is 0 Å². The van der Waals surface area contributed by atoms with Crippen molar-refractivity contribution in [2.45, 2.75) is 13.8 Å². The number of urea groups is 1. The number of benzene rings is 1. The molecule has 0 saturated heterocycles. The van der Waals surface area contributed by atoms with Crippen molar-refractivity contribution in [3.63, 3.8) is 0 Å². The Bertz CT molecular complexity index is 460. The third-order valence-electron chi connectivity index (χ3n) is 2.35. The fourth-order valence-corrected chi connectivity index (χ4v) is 1.52. The summed E-state index contributed by atoms with van der Waals surface area (Å²) < 4.78 is 0.853. The quantitative estimate of drug-likeness (QED) is 0.799. The lowest BCUT2D eigenvalue weighted by Gasteiger charge is -2.19. The molecule has 0 aliphatic carbocycles. The van der Waals surface area contributed by atoms with E-state index < -0.39 is 17.4 Å². The number of amides is 2. The summed E-state index contributed by atoms with van der Waals surface area (Å²) in [5.41, 5.74) is -0.357. The molecule has 2 amide bonds. The summed E-state index contributed by atoms with van der Waals surface area (Å²) in [6.45, 7) is 3.16. The lowest BCUT2D eigenvalue weighted by atomic mass is 9.94. The molecule has 1 rings (SSSR count). The SMILES string of the molecule is CC(C)(CNC(=O)Nc1cccc(Br)c1)C(=O)O. The minimum absolute atomic E-state index is 0.0577.